The number of aliphatic hydroxyl groups excluding tert-OH is 1. The first-order chi connectivity index (χ1) is 9.80. The van der Waals surface area contributed by atoms with E-state index in [-0.39, 0.29) is 23.5 Å². The van der Waals surface area contributed by atoms with Crippen molar-refractivity contribution in [3.05, 3.63) is 16.7 Å². The van der Waals surface area contributed by atoms with Gasteiger partial charge in [0, 0.05) is 6.42 Å². The van der Waals surface area contributed by atoms with Crippen molar-refractivity contribution in [3.63, 3.8) is 0 Å². The van der Waals surface area contributed by atoms with Crippen LogP contribution >= 0.6 is 7.60 Å². The van der Waals surface area contributed by atoms with Crippen molar-refractivity contribution >= 4 is 24.7 Å². The van der Waals surface area contributed by atoms with Gasteiger partial charge in [0.2, 0.25) is 11.6 Å². The van der Waals surface area contributed by atoms with E-state index in [9.17, 15) is 14.5 Å². The Balaban J connectivity index is 2.22. The second-order valence-electron chi connectivity index (χ2n) is 4.28. The Bertz CT molecular complexity index is 736. The number of nitrogen functional groups attached to an aromatic ring is 1. The summed E-state index contributed by atoms with van der Waals surface area (Å²) in [4.78, 5) is 44.4. The molecule has 0 saturated carbocycles. The lowest BCUT2D eigenvalue weighted by Gasteiger charge is -2.16. The van der Waals surface area contributed by atoms with Crippen LogP contribution in [-0.4, -0.2) is 53.4 Å². The molecule has 2 aromatic rings. The monoisotopic (exact) mass is 319 g/mol. The van der Waals surface area contributed by atoms with Gasteiger partial charge in [-0.05, 0) is 0 Å². The maximum absolute atomic E-state index is 11.6. The molecular weight excluding hydrogens is 305 g/mol. The highest BCUT2D eigenvalue weighted by Crippen LogP contribution is 2.35. The Morgan fingerprint density at radius 3 is 2.86 bits per heavy atom. The second kappa shape index (κ2) is 5.82. The maximum atomic E-state index is 11.6. The predicted molar refractivity (Wildman–Crippen MR) is 71.5 cm³/mol. The van der Waals surface area contributed by atoms with Crippen molar-refractivity contribution in [3.8, 4) is 0 Å². The Labute approximate surface area is 117 Å². The number of hydrogen-bond donors (Lipinski definition) is 5. The van der Waals surface area contributed by atoms with E-state index >= 15 is 0 Å². The van der Waals surface area contributed by atoms with Crippen molar-refractivity contribution in [2.24, 2.45) is 0 Å². The molecule has 12 heteroatoms. The fourth-order valence-electron chi connectivity index (χ4n) is 1.63. The average Bonchev–Trinajstić information content (AvgIpc) is 2.76. The Kier molecular flexibility index (Phi) is 4.28. The number of aromatic amines is 1. The number of H-pyrrole nitrogens is 1. The summed E-state index contributed by atoms with van der Waals surface area (Å²) in [6, 6.07) is 0. The minimum absolute atomic E-state index is 0.00382. The summed E-state index contributed by atoms with van der Waals surface area (Å²) in [7, 11) is -4.19. The summed E-state index contributed by atoms with van der Waals surface area (Å²) in [6.45, 7) is -0.474. The third-order valence-electron chi connectivity index (χ3n) is 2.60. The number of aromatic nitrogens is 4. The first-order valence-electron chi connectivity index (χ1n) is 5.85. The zero-order valence-electron chi connectivity index (χ0n) is 10.7. The van der Waals surface area contributed by atoms with Crippen LogP contribution in [0, 0.1) is 0 Å². The average molecular weight is 319 g/mol. The first-order valence-corrected chi connectivity index (χ1v) is 7.65. The van der Waals surface area contributed by atoms with Gasteiger partial charge in [-0.25, -0.2) is 4.98 Å². The summed E-state index contributed by atoms with van der Waals surface area (Å²) >= 11 is 0. The van der Waals surface area contributed by atoms with Crippen molar-refractivity contribution < 1.29 is 24.3 Å². The smallest absolute Gasteiger partial charge is 0.325 e. The highest BCUT2D eigenvalue weighted by Gasteiger charge is 2.20. The van der Waals surface area contributed by atoms with Gasteiger partial charge in [-0.1, -0.05) is 0 Å². The fraction of sp³-hybridized carbons (Fsp3) is 0.444. The highest BCUT2D eigenvalue weighted by molar-refractivity contribution is 7.51. The van der Waals surface area contributed by atoms with Gasteiger partial charge in [-0.15, -0.1) is 0 Å². The molecule has 0 fully saturated rings. The van der Waals surface area contributed by atoms with Crippen LogP contribution in [0.1, 0.15) is 6.42 Å². The molecule has 11 nitrogen and oxygen atoms in total. The van der Waals surface area contributed by atoms with E-state index in [1.165, 1.54) is 0 Å². The molecule has 2 rings (SSSR count). The fourth-order valence-corrected chi connectivity index (χ4v) is 2.26. The molecule has 1 atom stereocenters. The molecule has 2 aromatic heterocycles. The molecular formula is C9H14N5O6P. The van der Waals surface area contributed by atoms with E-state index in [1.807, 2.05) is 0 Å². The van der Waals surface area contributed by atoms with Crippen molar-refractivity contribution in [2.45, 2.75) is 12.5 Å². The van der Waals surface area contributed by atoms with Crippen LogP contribution in [0.2, 0.25) is 0 Å². The zero-order valence-corrected chi connectivity index (χ0v) is 11.6. The van der Waals surface area contributed by atoms with Crippen molar-refractivity contribution in [1.82, 2.24) is 19.7 Å². The third-order valence-corrected chi connectivity index (χ3v) is 3.44. The predicted octanol–water partition coefficient (Wildman–Crippen LogP) is -1.94. The van der Waals surface area contributed by atoms with E-state index in [0.717, 1.165) is 11.1 Å². The molecule has 0 radical (unpaired) electrons. The van der Waals surface area contributed by atoms with E-state index < -0.39 is 32.0 Å². The van der Waals surface area contributed by atoms with Crippen LogP contribution < -0.4 is 16.1 Å². The number of nitrogens with two attached hydrogens (primary N) is 1. The molecule has 116 valence electrons. The number of imidazole rings is 1. The lowest BCUT2D eigenvalue weighted by atomic mass is 10.3. The molecule has 0 aromatic carbocycles. The minimum Gasteiger partial charge on any atom is -0.405 e. The summed E-state index contributed by atoms with van der Waals surface area (Å²) in [5.74, 6) is -0.131. The van der Waals surface area contributed by atoms with Gasteiger partial charge in [0.1, 0.15) is 12.4 Å². The number of rotatable bonds is 6. The van der Waals surface area contributed by atoms with Gasteiger partial charge in [-0.3, -0.25) is 14.3 Å². The highest BCUT2D eigenvalue weighted by atomic mass is 31.2. The Morgan fingerprint density at radius 1 is 1.52 bits per heavy atom. The van der Waals surface area contributed by atoms with Crippen molar-refractivity contribution in [1.29, 1.82) is 0 Å². The molecule has 21 heavy (non-hydrogen) atoms. The summed E-state index contributed by atoms with van der Waals surface area (Å²) < 4.78 is 11.8. The lowest BCUT2D eigenvalue weighted by Crippen LogP contribution is -2.29. The van der Waals surface area contributed by atoms with Gasteiger partial charge >= 0.3 is 7.60 Å². The van der Waals surface area contributed by atoms with Crippen molar-refractivity contribution in [2.75, 3.05) is 18.5 Å². The standard InChI is InChI=1S/C9H14N5O6P/c10-9-12-7-6(8(16)13-9)11-4-14(7)20-5(3-15)1-2-21(17,18)19/h4-5,15H,1-3H2,(H2,17,18,19)(H3,10,12,13,16). The molecule has 0 amide bonds. The second-order valence-corrected chi connectivity index (χ2v) is 6.06. The molecule has 0 aliphatic carbocycles. The van der Waals surface area contributed by atoms with E-state index in [1.54, 1.807) is 0 Å². The van der Waals surface area contributed by atoms with Gasteiger partial charge < -0.3 is 25.5 Å². The normalized spacial score (nSPS) is 13.5. The van der Waals surface area contributed by atoms with Crippen LogP contribution in [-0.2, 0) is 4.57 Å². The molecule has 0 spiro atoms. The van der Waals surface area contributed by atoms with Crippen LogP contribution in [0.5, 0.6) is 0 Å². The van der Waals surface area contributed by atoms with Crippen LogP contribution in [0.4, 0.5) is 5.95 Å². The van der Waals surface area contributed by atoms with Gasteiger partial charge in [-0.2, -0.15) is 9.71 Å². The largest absolute Gasteiger partial charge is 0.405 e. The van der Waals surface area contributed by atoms with E-state index in [4.69, 9.17) is 20.4 Å². The number of fused-ring (bicyclic) bond motifs is 1. The van der Waals surface area contributed by atoms with E-state index in [0.29, 0.717) is 0 Å². The maximum Gasteiger partial charge on any atom is 0.325 e. The molecule has 0 aliphatic heterocycles. The van der Waals surface area contributed by atoms with Gasteiger partial charge in [0.25, 0.3) is 5.56 Å². The quantitative estimate of drug-likeness (QED) is 0.379. The molecule has 0 bridgehead atoms. The first kappa shape index (κ1) is 15.4. The minimum atomic E-state index is -4.19. The summed E-state index contributed by atoms with van der Waals surface area (Å²) in [5.41, 5.74) is 4.91. The molecule has 2 heterocycles. The SMILES string of the molecule is Nc1nc2c(ncn2OC(CO)CCP(=O)(O)O)c(=O)[nH]1. The topological polar surface area (TPSA) is 177 Å². The number of anilines is 1. The molecule has 1 unspecified atom stereocenters. The zero-order chi connectivity index (χ0) is 15.6. The number of nitrogens with zero attached hydrogens (tertiary/aromatic N) is 3. The number of nitrogens with one attached hydrogen (secondary N) is 1. The Morgan fingerprint density at radius 2 is 2.24 bits per heavy atom. The summed E-state index contributed by atoms with van der Waals surface area (Å²) in [6.07, 6.45) is -0.260. The summed E-state index contributed by atoms with van der Waals surface area (Å²) in [5, 5.41) is 9.18. The van der Waals surface area contributed by atoms with Gasteiger partial charge in [0.15, 0.2) is 5.52 Å². The lowest BCUT2D eigenvalue weighted by molar-refractivity contribution is 0.00439. The van der Waals surface area contributed by atoms with Gasteiger partial charge in [0.05, 0.1) is 12.8 Å². The molecule has 0 aliphatic rings. The van der Waals surface area contributed by atoms with Crippen LogP contribution in [0.3, 0.4) is 0 Å². The Hall–Kier alpha value is -1.94. The molecule has 0 saturated heterocycles. The molecule has 6 N–H and O–H groups in total. The third kappa shape index (κ3) is 3.79. The van der Waals surface area contributed by atoms with E-state index in [2.05, 4.69) is 15.0 Å². The van der Waals surface area contributed by atoms with Crippen LogP contribution in [0.15, 0.2) is 11.1 Å². The van der Waals surface area contributed by atoms with Crippen LogP contribution in [0.25, 0.3) is 11.2 Å². The number of aliphatic hydroxyl groups is 1. The number of hydrogen-bond acceptors (Lipinski definition) is 7.